The van der Waals surface area contributed by atoms with Gasteiger partial charge in [0.2, 0.25) is 0 Å². The number of allylic oxidation sites excluding steroid dienone is 2. The van der Waals surface area contributed by atoms with Crippen LogP contribution in [0.5, 0.6) is 0 Å². The second-order valence-electron chi connectivity index (χ2n) is 4.40. The van der Waals surface area contributed by atoms with Crippen LogP contribution in [0.15, 0.2) is 11.8 Å². The minimum absolute atomic E-state index is 0.0883. The summed E-state index contributed by atoms with van der Waals surface area (Å²) in [5, 5.41) is 0. The molecule has 0 aromatic rings. The predicted molar refractivity (Wildman–Crippen MR) is 67.6 cm³/mol. The molecule has 0 atom stereocenters. The van der Waals surface area contributed by atoms with E-state index in [1.54, 1.807) is 0 Å². The first kappa shape index (κ1) is 14.2. The molecule has 0 saturated heterocycles. The van der Waals surface area contributed by atoms with Crippen LogP contribution in [-0.2, 0) is 14.3 Å². The Morgan fingerprint density at radius 1 is 1.29 bits per heavy atom. The summed E-state index contributed by atoms with van der Waals surface area (Å²) in [6.45, 7) is 3.47. The molecule has 3 heteroatoms. The van der Waals surface area contributed by atoms with E-state index in [0.29, 0.717) is 6.42 Å². The molecule has 1 aliphatic carbocycles. The average Bonchev–Trinajstić information content (AvgIpc) is 2.57. The van der Waals surface area contributed by atoms with Gasteiger partial charge in [-0.3, -0.25) is 4.79 Å². The van der Waals surface area contributed by atoms with Crippen molar-refractivity contribution in [3.8, 4) is 0 Å². The normalized spacial score (nSPS) is 16.2. The van der Waals surface area contributed by atoms with Gasteiger partial charge in [-0.1, -0.05) is 6.42 Å². The van der Waals surface area contributed by atoms with E-state index in [0.717, 1.165) is 51.1 Å². The molecule has 0 heterocycles. The van der Waals surface area contributed by atoms with E-state index in [4.69, 9.17) is 9.47 Å². The molecule has 0 radical (unpaired) electrons. The summed E-state index contributed by atoms with van der Waals surface area (Å²) < 4.78 is 10.6. The van der Waals surface area contributed by atoms with Gasteiger partial charge in [0.15, 0.2) is 0 Å². The zero-order valence-electron chi connectivity index (χ0n) is 10.9. The third-order valence-electron chi connectivity index (χ3n) is 2.87. The molecule has 0 aromatic heterocycles. The van der Waals surface area contributed by atoms with E-state index in [1.807, 2.05) is 6.92 Å². The standard InChI is InChI=1S/C14H24O3/c1-2-16-12-8-7-11-14(15)17-13-9-5-3-4-6-10-13/h9H,2-8,10-12H2,1H3. The summed E-state index contributed by atoms with van der Waals surface area (Å²) in [5.41, 5.74) is 0. The van der Waals surface area contributed by atoms with Gasteiger partial charge in [-0.25, -0.2) is 0 Å². The summed E-state index contributed by atoms with van der Waals surface area (Å²) in [4.78, 5) is 11.6. The first-order valence-corrected chi connectivity index (χ1v) is 6.80. The van der Waals surface area contributed by atoms with Crippen LogP contribution in [0, 0.1) is 0 Å². The maximum absolute atomic E-state index is 11.6. The van der Waals surface area contributed by atoms with E-state index in [2.05, 4.69) is 6.08 Å². The van der Waals surface area contributed by atoms with Crippen LogP contribution in [0.1, 0.15) is 58.3 Å². The van der Waals surface area contributed by atoms with Crippen LogP contribution in [0.3, 0.4) is 0 Å². The van der Waals surface area contributed by atoms with Crippen molar-refractivity contribution in [2.75, 3.05) is 13.2 Å². The van der Waals surface area contributed by atoms with Crippen molar-refractivity contribution in [2.45, 2.75) is 58.3 Å². The fourth-order valence-electron chi connectivity index (χ4n) is 1.89. The number of ether oxygens (including phenoxy) is 2. The van der Waals surface area contributed by atoms with Crippen molar-refractivity contribution in [3.05, 3.63) is 11.8 Å². The van der Waals surface area contributed by atoms with Crippen LogP contribution in [0.25, 0.3) is 0 Å². The number of carbonyl (C=O) groups is 1. The van der Waals surface area contributed by atoms with Gasteiger partial charge in [0.05, 0.1) is 0 Å². The van der Waals surface area contributed by atoms with E-state index >= 15 is 0 Å². The Hall–Kier alpha value is -0.830. The van der Waals surface area contributed by atoms with Crippen LogP contribution in [0.4, 0.5) is 0 Å². The zero-order chi connectivity index (χ0) is 12.3. The lowest BCUT2D eigenvalue weighted by Gasteiger charge is -2.07. The fourth-order valence-corrected chi connectivity index (χ4v) is 1.89. The van der Waals surface area contributed by atoms with Crippen LogP contribution in [-0.4, -0.2) is 19.2 Å². The lowest BCUT2D eigenvalue weighted by molar-refractivity contribution is -0.139. The number of hydrogen-bond donors (Lipinski definition) is 0. The molecule has 0 unspecified atom stereocenters. The van der Waals surface area contributed by atoms with Crippen molar-refractivity contribution < 1.29 is 14.3 Å². The Kier molecular flexibility index (Phi) is 7.72. The average molecular weight is 240 g/mol. The number of carbonyl (C=O) groups excluding carboxylic acids is 1. The van der Waals surface area contributed by atoms with E-state index in [-0.39, 0.29) is 5.97 Å². The number of unbranched alkanes of at least 4 members (excludes halogenated alkanes) is 1. The lowest BCUT2D eigenvalue weighted by Crippen LogP contribution is -2.05. The number of rotatable bonds is 7. The molecule has 0 aromatic carbocycles. The summed E-state index contributed by atoms with van der Waals surface area (Å²) >= 11 is 0. The summed E-state index contributed by atoms with van der Waals surface area (Å²) in [5.74, 6) is 0.798. The molecular formula is C14H24O3. The largest absolute Gasteiger partial charge is 0.431 e. The van der Waals surface area contributed by atoms with Crippen molar-refractivity contribution in [1.29, 1.82) is 0 Å². The van der Waals surface area contributed by atoms with Crippen LogP contribution in [0.2, 0.25) is 0 Å². The molecule has 0 saturated carbocycles. The topological polar surface area (TPSA) is 35.5 Å². The van der Waals surface area contributed by atoms with Gasteiger partial charge in [0.25, 0.3) is 0 Å². The van der Waals surface area contributed by atoms with Gasteiger partial charge in [-0.05, 0) is 45.1 Å². The molecule has 1 rings (SSSR count). The first-order valence-electron chi connectivity index (χ1n) is 6.80. The highest BCUT2D eigenvalue weighted by molar-refractivity contribution is 5.70. The van der Waals surface area contributed by atoms with Crippen LogP contribution >= 0.6 is 0 Å². The molecule has 3 nitrogen and oxygen atoms in total. The molecule has 17 heavy (non-hydrogen) atoms. The Labute approximate surface area is 104 Å². The Bertz CT molecular complexity index is 246. The Morgan fingerprint density at radius 2 is 2.18 bits per heavy atom. The SMILES string of the molecule is CCOCCCCC(=O)OC1=CCCCCC1. The summed E-state index contributed by atoms with van der Waals surface area (Å²) in [6.07, 6.45) is 9.94. The molecule has 0 spiro atoms. The van der Waals surface area contributed by atoms with Crippen molar-refractivity contribution >= 4 is 5.97 Å². The summed E-state index contributed by atoms with van der Waals surface area (Å²) in [6, 6.07) is 0. The second kappa shape index (κ2) is 9.23. The van der Waals surface area contributed by atoms with E-state index < -0.39 is 0 Å². The van der Waals surface area contributed by atoms with Crippen LogP contribution < -0.4 is 0 Å². The van der Waals surface area contributed by atoms with E-state index in [9.17, 15) is 4.79 Å². The third kappa shape index (κ3) is 7.16. The molecule has 0 bridgehead atoms. The van der Waals surface area contributed by atoms with Gasteiger partial charge >= 0.3 is 5.97 Å². The van der Waals surface area contributed by atoms with Gasteiger partial charge in [-0.15, -0.1) is 0 Å². The molecule has 0 amide bonds. The highest BCUT2D eigenvalue weighted by Crippen LogP contribution is 2.18. The molecule has 0 fully saturated rings. The minimum atomic E-state index is -0.0883. The third-order valence-corrected chi connectivity index (χ3v) is 2.87. The molecule has 98 valence electrons. The van der Waals surface area contributed by atoms with Crippen molar-refractivity contribution in [1.82, 2.24) is 0 Å². The summed E-state index contributed by atoms with van der Waals surface area (Å²) in [7, 11) is 0. The zero-order valence-corrected chi connectivity index (χ0v) is 10.9. The fraction of sp³-hybridized carbons (Fsp3) is 0.786. The maximum Gasteiger partial charge on any atom is 0.310 e. The highest BCUT2D eigenvalue weighted by atomic mass is 16.5. The Balaban J connectivity index is 2.09. The smallest absolute Gasteiger partial charge is 0.310 e. The van der Waals surface area contributed by atoms with Gasteiger partial charge in [-0.2, -0.15) is 0 Å². The van der Waals surface area contributed by atoms with E-state index in [1.165, 1.54) is 12.8 Å². The van der Waals surface area contributed by atoms with Crippen molar-refractivity contribution in [2.24, 2.45) is 0 Å². The van der Waals surface area contributed by atoms with Crippen molar-refractivity contribution in [3.63, 3.8) is 0 Å². The minimum Gasteiger partial charge on any atom is -0.431 e. The molecule has 1 aliphatic rings. The quantitative estimate of drug-likeness (QED) is 0.504. The van der Waals surface area contributed by atoms with Gasteiger partial charge in [0.1, 0.15) is 5.76 Å². The maximum atomic E-state index is 11.6. The Morgan fingerprint density at radius 3 is 3.00 bits per heavy atom. The van der Waals surface area contributed by atoms with Gasteiger partial charge in [0, 0.05) is 26.1 Å². The first-order chi connectivity index (χ1) is 8.33. The molecule has 0 aliphatic heterocycles. The van der Waals surface area contributed by atoms with Gasteiger partial charge < -0.3 is 9.47 Å². The number of esters is 1. The molecule has 0 N–H and O–H groups in total. The molecular weight excluding hydrogens is 216 g/mol. The number of hydrogen-bond acceptors (Lipinski definition) is 3. The monoisotopic (exact) mass is 240 g/mol. The second-order valence-corrected chi connectivity index (χ2v) is 4.40. The lowest BCUT2D eigenvalue weighted by atomic mass is 10.2. The predicted octanol–water partition coefficient (Wildman–Crippen LogP) is 3.58. The highest BCUT2D eigenvalue weighted by Gasteiger charge is 2.09.